The van der Waals surface area contributed by atoms with Crippen molar-refractivity contribution in [1.82, 2.24) is 15.7 Å². The highest BCUT2D eigenvalue weighted by atomic mass is 16.7. The molecule has 168 valence electrons. The maximum atomic E-state index is 12.4. The van der Waals surface area contributed by atoms with Gasteiger partial charge in [-0.3, -0.25) is 14.4 Å². The number of benzene rings is 1. The van der Waals surface area contributed by atoms with Crippen LogP contribution in [0.2, 0.25) is 0 Å². The van der Waals surface area contributed by atoms with Gasteiger partial charge in [0.1, 0.15) is 11.6 Å². The smallest absolute Gasteiger partial charge is 0.408 e. The quantitative estimate of drug-likeness (QED) is 0.627. The summed E-state index contributed by atoms with van der Waals surface area (Å²) >= 11 is 0. The molecule has 1 aromatic rings. The van der Waals surface area contributed by atoms with Crippen LogP contribution in [0.3, 0.4) is 0 Å². The average molecular weight is 433 g/mol. The second-order valence-corrected chi connectivity index (χ2v) is 8.32. The fraction of sp³-hybridized carbons (Fsp3) is 0.476. The highest BCUT2D eigenvalue weighted by molar-refractivity contribution is 6.20. The van der Waals surface area contributed by atoms with Gasteiger partial charge in [0.25, 0.3) is 11.8 Å². The molecule has 31 heavy (non-hydrogen) atoms. The van der Waals surface area contributed by atoms with E-state index < -0.39 is 41.4 Å². The Hall–Kier alpha value is -3.43. The molecule has 1 heterocycles. The Kier molecular flexibility index (Phi) is 7.37. The molecule has 0 aromatic heterocycles. The second kappa shape index (κ2) is 9.59. The Labute approximate surface area is 180 Å². The molecule has 2 N–H and O–H groups in total. The number of carbonyl (C=O) groups excluding carboxylic acids is 5. The highest BCUT2D eigenvalue weighted by Crippen LogP contribution is 2.22. The molecule has 2 rings (SSSR count). The number of ether oxygens (including phenoxy) is 1. The number of hydroxylamine groups is 2. The van der Waals surface area contributed by atoms with Crippen molar-refractivity contribution in [1.29, 1.82) is 0 Å². The SMILES string of the molecule is CC(C)C(NC(=O)OC(C)(C)C)C(=O)NCCC(=O)ON1C(=O)c2ccccc2C1=O. The van der Waals surface area contributed by atoms with Crippen LogP contribution < -0.4 is 10.6 Å². The molecule has 10 nitrogen and oxygen atoms in total. The number of nitrogens with one attached hydrogen (secondary N) is 2. The van der Waals surface area contributed by atoms with Crippen molar-refractivity contribution < 1.29 is 33.5 Å². The summed E-state index contributed by atoms with van der Waals surface area (Å²) in [5.41, 5.74) is -0.404. The largest absolute Gasteiger partial charge is 0.444 e. The third-order valence-corrected chi connectivity index (χ3v) is 4.20. The number of hydrogen-bond acceptors (Lipinski definition) is 7. The van der Waals surface area contributed by atoms with Gasteiger partial charge in [-0.25, -0.2) is 9.59 Å². The maximum absolute atomic E-state index is 12.4. The fourth-order valence-corrected chi connectivity index (χ4v) is 2.76. The van der Waals surface area contributed by atoms with E-state index in [0.29, 0.717) is 5.06 Å². The van der Waals surface area contributed by atoms with Crippen LogP contribution in [0.5, 0.6) is 0 Å². The minimum absolute atomic E-state index is 0.111. The van der Waals surface area contributed by atoms with Gasteiger partial charge in [-0.1, -0.05) is 31.0 Å². The zero-order valence-electron chi connectivity index (χ0n) is 18.2. The van der Waals surface area contributed by atoms with Gasteiger partial charge in [-0.2, -0.15) is 0 Å². The molecular formula is C21H27N3O7. The number of rotatable bonds is 7. The molecule has 1 atom stereocenters. The number of nitrogens with zero attached hydrogens (tertiary/aromatic N) is 1. The zero-order chi connectivity index (χ0) is 23.3. The lowest BCUT2D eigenvalue weighted by Crippen LogP contribution is -2.51. The van der Waals surface area contributed by atoms with Crippen molar-refractivity contribution in [3.63, 3.8) is 0 Å². The first-order chi connectivity index (χ1) is 14.4. The van der Waals surface area contributed by atoms with E-state index in [1.807, 2.05) is 0 Å². The first-order valence-electron chi connectivity index (χ1n) is 9.86. The molecule has 1 unspecified atom stereocenters. The molecule has 4 amide bonds. The molecule has 10 heteroatoms. The number of fused-ring (bicyclic) bond motifs is 1. The summed E-state index contributed by atoms with van der Waals surface area (Å²) in [6.45, 7) is 8.50. The molecule has 0 saturated heterocycles. The Balaban J connectivity index is 1.84. The van der Waals surface area contributed by atoms with Crippen molar-refractivity contribution in [2.75, 3.05) is 6.54 Å². The van der Waals surface area contributed by atoms with Crippen LogP contribution in [0.1, 0.15) is 61.8 Å². The van der Waals surface area contributed by atoms with E-state index >= 15 is 0 Å². The minimum atomic E-state index is -0.873. The van der Waals surface area contributed by atoms with E-state index in [2.05, 4.69) is 10.6 Å². The predicted octanol–water partition coefficient (Wildman–Crippen LogP) is 1.80. The summed E-state index contributed by atoms with van der Waals surface area (Å²) in [4.78, 5) is 65.7. The molecular weight excluding hydrogens is 406 g/mol. The Morgan fingerprint density at radius 1 is 1.03 bits per heavy atom. The van der Waals surface area contributed by atoms with Crippen LogP contribution in [0.15, 0.2) is 24.3 Å². The number of hydrogen-bond donors (Lipinski definition) is 2. The Morgan fingerprint density at radius 2 is 1.58 bits per heavy atom. The van der Waals surface area contributed by atoms with E-state index in [0.717, 1.165) is 0 Å². The summed E-state index contributed by atoms with van der Waals surface area (Å²) in [6, 6.07) is 5.26. The summed E-state index contributed by atoms with van der Waals surface area (Å²) in [6.07, 6.45) is -1.01. The van der Waals surface area contributed by atoms with Crippen LogP contribution in [-0.4, -0.2) is 53.0 Å². The van der Waals surface area contributed by atoms with E-state index in [4.69, 9.17) is 9.57 Å². The van der Waals surface area contributed by atoms with Crippen LogP contribution in [0.25, 0.3) is 0 Å². The lowest BCUT2D eigenvalue weighted by Gasteiger charge is -2.25. The van der Waals surface area contributed by atoms with Gasteiger partial charge < -0.3 is 20.2 Å². The summed E-state index contributed by atoms with van der Waals surface area (Å²) in [5.74, 6) is -3.05. The highest BCUT2D eigenvalue weighted by Gasteiger charge is 2.38. The van der Waals surface area contributed by atoms with E-state index in [1.54, 1.807) is 46.8 Å². The molecule has 0 saturated carbocycles. The van der Waals surface area contributed by atoms with Gasteiger partial charge in [0.05, 0.1) is 17.5 Å². The van der Waals surface area contributed by atoms with Crippen molar-refractivity contribution in [3.05, 3.63) is 35.4 Å². The Bertz CT molecular complexity index is 854. The molecule has 1 aromatic carbocycles. The monoisotopic (exact) mass is 433 g/mol. The summed E-state index contributed by atoms with van der Waals surface area (Å²) in [7, 11) is 0. The van der Waals surface area contributed by atoms with Crippen molar-refractivity contribution in [2.24, 2.45) is 5.92 Å². The first-order valence-corrected chi connectivity index (χ1v) is 9.86. The fourth-order valence-electron chi connectivity index (χ4n) is 2.76. The minimum Gasteiger partial charge on any atom is -0.444 e. The second-order valence-electron chi connectivity index (χ2n) is 8.32. The van der Waals surface area contributed by atoms with Gasteiger partial charge in [-0.05, 0) is 38.8 Å². The normalized spacial score (nSPS) is 14.2. The molecule has 1 aliphatic heterocycles. The molecule has 0 bridgehead atoms. The van der Waals surface area contributed by atoms with Gasteiger partial charge in [-0.15, -0.1) is 0 Å². The van der Waals surface area contributed by atoms with E-state index in [-0.39, 0.29) is 30.0 Å². The average Bonchev–Trinajstić information content (AvgIpc) is 2.89. The van der Waals surface area contributed by atoms with E-state index in [1.165, 1.54) is 12.1 Å². The summed E-state index contributed by atoms with van der Waals surface area (Å²) in [5, 5.41) is 5.45. The van der Waals surface area contributed by atoms with Crippen LogP contribution in [0.4, 0.5) is 4.79 Å². The predicted molar refractivity (Wildman–Crippen MR) is 109 cm³/mol. The van der Waals surface area contributed by atoms with E-state index in [9.17, 15) is 24.0 Å². The van der Waals surface area contributed by atoms with Gasteiger partial charge in [0.15, 0.2) is 0 Å². The third kappa shape index (κ3) is 6.27. The van der Waals surface area contributed by atoms with Crippen LogP contribution >= 0.6 is 0 Å². The summed E-state index contributed by atoms with van der Waals surface area (Å²) < 4.78 is 5.16. The number of carbonyl (C=O) groups is 5. The number of amides is 4. The molecule has 1 aliphatic rings. The zero-order valence-corrected chi connectivity index (χ0v) is 18.2. The molecule has 0 spiro atoms. The lowest BCUT2D eigenvalue weighted by atomic mass is 10.0. The third-order valence-electron chi connectivity index (χ3n) is 4.20. The van der Waals surface area contributed by atoms with Gasteiger partial charge >= 0.3 is 12.1 Å². The van der Waals surface area contributed by atoms with Crippen molar-refractivity contribution >= 4 is 29.8 Å². The lowest BCUT2D eigenvalue weighted by molar-refractivity contribution is -0.168. The van der Waals surface area contributed by atoms with Crippen LogP contribution in [-0.2, 0) is 19.2 Å². The topological polar surface area (TPSA) is 131 Å². The standard InChI is InChI=1S/C21H27N3O7/c1-12(2)16(23-20(29)30-21(3,4)5)17(26)22-11-10-15(25)31-24-18(27)13-8-6-7-9-14(13)19(24)28/h6-9,12,16H,10-11H2,1-5H3,(H,22,26)(H,23,29). The number of alkyl carbamates (subject to hydrolysis) is 1. The molecule has 0 aliphatic carbocycles. The van der Waals surface area contributed by atoms with Gasteiger partial charge in [0, 0.05) is 6.54 Å². The van der Waals surface area contributed by atoms with Crippen LogP contribution in [0, 0.1) is 5.92 Å². The molecule has 0 radical (unpaired) electrons. The first kappa shape index (κ1) is 23.8. The molecule has 0 fully saturated rings. The number of imide groups is 1. The van der Waals surface area contributed by atoms with Crippen molar-refractivity contribution in [2.45, 2.75) is 52.7 Å². The van der Waals surface area contributed by atoms with Gasteiger partial charge in [0.2, 0.25) is 5.91 Å². The maximum Gasteiger partial charge on any atom is 0.408 e. The van der Waals surface area contributed by atoms with Crippen molar-refractivity contribution in [3.8, 4) is 0 Å². The Morgan fingerprint density at radius 3 is 2.06 bits per heavy atom.